The quantitative estimate of drug-likeness (QED) is 0.336. The van der Waals surface area contributed by atoms with Gasteiger partial charge in [-0.3, -0.25) is 9.59 Å². The van der Waals surface area contributed by atoms with Crippen molar-refractivity contribution in [1.29, 1.82) is 0 Å². The second kappa shape index (κ2) is 7.76. The van der Waals surface area contributed by atoms with Gasteiger partial charge in [-0.2, -0.15) is 9.50 Å². The number of carbonyl (C=O) groups excluding carboxylic acids is 1. The van der Waals surface area contributed by atoms with E-state index in [4.69, 9.17) is 9.47 Å². The molecule has 29 heavy (non-hydrogen) atoms. The first-order valence-electron chi connectivity index (χ1n) is 8.48. The van der Waals surface area contributed by atoms with Crippen molar-refractivity contribution < 1.29 is 14.3 Å². The number of halogens is 1. The summed E-state index contributed by atoms with van der Waals surface area (Å²) in [6.07, 6.45) is 1.72. The van der Waals surface area contributed by atoms with Crippen LogP contribution in [0.15, 0.2) is 51.7 Å². The summed E-state index contributed by atoms with van der Waals surface area (Å²) in [6.45, 7) is 1.32. The fraction of sp³-hybridized carbons (Fsp3) is 0.100. The molecule has 7 nitrogen and oxygen atoms in total. The number of aromatic nitrogens is 3. The van der Waals surface area contributed by atoms with Crippen LogP contribution in [0.1, 0.15) is 12.5 Å². The summed E-state index contributed by atoms with van der Waals surface area (Å²) in [5, 5.41) is 4.34. The monoisotopic (exact) mass is 471 g/mol. The average molecular weight is 472 g/mol. The highest BCUT2D eigenvalue weighted by molar-refractivity contribution is 9.10. The van der Waals surface area contributed by atoms with Crippen molar-refractivity contribution >= 4 is 44.3 Å². The zero-order valence-corrected chi connectivity index (χ0v) is 17.8. The Labute approximate surface area is 177 Å². The van der Waals surface area contributed by atoms with Crippen LogP contribution in [-0.2, 0) is 4.79 Å². The summed E-state index contributed by atoms with van der Waals surface area (Å²) < 4.78 is 13.1. The van der Waals surface area contributed by atoms with Gasteiger partial charge in [0, 0.05) is 17.0 Å². The van der Waals surface area contributed by atoms with Gasteiger partial charge in [-0.1, -0.05) is 45.5 Å². The van der Waals surface area contributed by atoms with E-state index in [-0.39, 0.29) is 5.56 Å². The van der Waals surface area contributed by atoms with Gasteiger partial charge in [0.1, 0.15) is 0 Å². The van der Waals surface area contributed by atoms with Gasteiger partial charge in [-0.15, -0.1) is 5.10 Å². The van der Waals surface area contributed by atoms with E-state index < -0.39 is 5.97 Å². The molecule has 0 saturated carbocycles. The first kappa shape index (κ1) is 19.3. The number of carbonyl (C=O) groups is 1. The average Bonchev–Trinajstić information content (AvgIpc) is 3.23. The molecule has 2 aromatic heterocycles. The molecule has 0 radical (unpaired) electrons. The van der Waals surface area contributed by atoms with E-state index in [9.17, 15) is 9.59 Å². The molecule has 0 spiro atoms. The lowest BCUT2D eigenvalue weighted by atomic mass is 10.2. The molecular formula is C20H14BrN3O4S. The number of esters is 1. The number of rotatable bonds is 4. The van der Waals surface area contributed by atoms with Crippen LogP contribution in [-0.4, -0.2) is 27.7 Å². The lowest BCUT2D eigenvalue weighted by Crippen LogP contribution is -2.23. The van der Waals surface area contributed by atoms with Gasteiger partial charge in [0.05, 0.1) is 11.6 Å². The molecule has 0 unspecified atom stereocenters. The maximum absolute atomic E-state index is 12.7. The van der Waals surface area contributed by atoms with Gasteiger partial charge in [0.15, 0.2) is 17.3 Å². The van der Waals surface area contributed by atoms with E-state index in [0.29, 0.717) is 26.8 Å². The zero-order valence-electron chi connectivity index (χ0n) is 15.4. The van der Waals surface area contributed by atoms with Crippen LogP contribution in [0.5, 0.6) is 11.5 Å². The van der Waals surface area contributed by atoms with Gasteiger partial charge < -0.3 is 9.47 Å². The topological polar surface area (TPSA) is 82.8 Å². The molecule has 0 aliphatic carbocycles. The van der Waals surface area contributed by atoms with Gasteiger partial charge in [-0.25, -0.2) is 0 Å². The van der Waals surface area contributed by atoms with Gasteiger partial charge in [0.2, 0.25) is 4.96 Å². The van der Waals surface area contributed by atoms with Crippen molar-refractivity contribution in [3.63, 3.8) is 0 Å². The number of hydrogen-bond acceptors (Lipinski definition) is 7. The molecule has 0 amide bonds. The Balaban J connectivity index is 1.73. The molecule has 0 bridgehead atoms. The van der Waals surface area contributed by atoms with Gasteiger partial charge in [0.25, 0.3) is 5.56 Å². The van der Waals surface area contributed by atoms with E-state index in [1.807, 2.05) is 24.3 Å². The van der Waals surface area contributed by atoms with Crippen molar-refractivity contribution in [2.75, 3.05) is 7.11 Å². The summed E-state index contributed by atoms with van der Waals surface area (Å²) in [4.78, 5) is 28.9. The first-order valence-corrected chi connectivity index (χ1v) is 10.1. The minimum atomic E-state index is -0.436. The summed E-state index contributed by atoms with van der Waals surface area (Å²) in [5.41, 5.74) is 1.32. The molecule has 0 aliphatic heterocycles. The Morgan fingerprint density at radius 1 is 1.17 bits per heavy atom. The highest BCUT2D eigenvalue weighted by atomic mass is 79.9. The standard InChI is InChI=1S/C20H14BrN3O4S/c1-11(25)28-15-8-3-12(9-16(15)27-2)10-17-19(26)24-20(29-17)22-18(23-24)13-4-6-14(21)7-5-13/h3-10H,1-2H3. The zero-order chi connectivity index (χ0) is 20.5. The molecule has 9 heteroatoms. The van der Waals surface area contributed by atoms with Gasteiger partial charge in [-0.05, 0) is 35.9 Å². The largest absolute Gasteiger partial charge is 0.493 e. The second-order valence-electron chi connectivity index (χ2n) is 6.06. The fourth-order valence-corrected chi connectivity index (χ4v) is 3.89. The Kier molecular flexibility index (Phi) is 5.16. The molecule has 4 aromatic rings. The molecule has 4 rings (SSSR count). The maximum atomic E-state index is 12.7. The third kappa shape index (κ3) is 3.92. The summed E-state index contributed by atoms with van der Waals surface area (Å²) >= 11 is 4.64. The SMILES string of the molecule is COc1cc(C=c2sc3nc(-c4ccc(Br)cc4)nn3c2=O)ccc1OC(C)=O. The number of hydrogen-bond donors (Lipinski definition) is 0. The highest BCUT2D eigenvalue weighted by Crippen LogP contribution is 2.28. The van der Waals surface area contributed by atoms with Crippen LogP contribution < -0.4 is 19.6 Å². The summed E-state index contributed by atoms with van der Waals surface area (Å²) in [5.74, 6) is 0.786. The van der Waals surface area contributed by atoms with Crippen molar-refractivity contribution in [3.05, 3.63) is 67.4 Å². The molecule has 0 N–H and O–H groups in total. The van der Waals surface area contributed by atoms with E-state index >= 15 is 0 Å². The molecular weight excluding hydrogens is 458 g/mol. The van der Waals surface area contributed by atoms with E-state index in [1.165, 1.54) is 29.9 Å². The number of ether oxygens (including phenoxy) is 2. The normalized spacial score (nSPS) is 11.8. The summed E-state index contributed by atoms with van der Waals surface area (Å²) in [6, 6.07) is 12.6. The fourth-order valence-electron chi connectivity index (χ4n) is 2.72. The lowest BCUT2D eigenvalue weighted by molar-refractivity contribution is -0.132. The van der Waals surface area contributed by atoms with Crippen LogP contribution in [0.25, 0.3) is 22.4 Å². The molecule has 2 aromatic carbocycles. The first-order chi connectivity index (χ1) is 13.9. The van der Waals surface area contributed by atoms with Crippen molar-refractivity contribution in [3.8, 4) is 22.9 Å². The summed E-state index contributed by atoms with van der Waals surface area (Å²) in [7, 11) is 1.48. The third-order valence-electron chi connectivity index (χ3n) is 4.02. The smallest absolute Gasteiger partial charge is 0.308 e. The Morgan fingerprint density at radius 3 is 2.59 bits per heavy atom. The third-order valence-corrected chi connectivity index (χ3v) is 5.51. The molecule has 0 atom stereocenters. The minimum absolute atomic E-state index is 0.246. The number of thiazole rings is 1. The van der Waals surface area contributed by atoms with Crippen LogP contribution in [0.4, 0.5) is 0 Å². The molecule has 2 heterocycles. The molecule has 0 fully saturated rings. The van der Waals surface area contributed by atoms with Crippen molar-refractivity contribution in [2.45, 2.75) is 6.92 Å². The number of nitrogens with zero attached hydrogens (tertiary/aromatic N) is 3. The molecule has 0 saturated heterocycles. The Morgan fingerprint density at radius 2 is 1.93 bits per heavy atom. The predicted molar refractivity (Wildman–Crippen MR) is 113 cm³/mol. The molecule has 146 valence electrons. The van der Waals surface area contributed by atoms with Gasteiger partial charge >= 0.3 is 5.97 Å². The highest BCUT2D eigenvalue weighted by Gasteiger charge is 2.13. The Hall–Kier alpha value is -3.04. The van der Waals surface area contributed by atoms with Crippen molar-refractivity contribution in [2.24, 2.45) is 0 Å². The van der Waals surface area contributed by atoms with Crippen LogP contribution >= 0.6 is 27.3 Å². The second-order valence-corrected chi connectivity index (χ2v) is 7.98. The van der Waals surface area contributed by atoms with Crippen LogP contribution in [0.3, 0.4) is 0 Å². The van der Waals surface area contributed by atoms with Crippen LogP contribution in [0, 0.1) is 0 Å². The van der Waals surface area contributed by atoms with E-state index in [2.05, 4.69) is 26.0 Å². The number of methoxy groups -OCH3 is 1. The van der Waals surface area contributed by atoms with Crippen LogP contribution in [0.2, 0.25) is 0 Å². The lowest BCUT2D eigenvalue weighted by Gasteiger charge is -2.08. The van der Waals surface area contributed by atoms with Crippen molar-refractivity contribution in [1.82, 2.24) is 14.6 Å². The maximum Gasteiger partial charge on any atom is 0.308 e. The Bertz CT molecular complexity index is 1330. The van der Waals surface area contributed by atoms with E-state index in [1.54, 1.807) is 24.3 Å². The predicted octanol–water partition coefficient (Wildman–Crippen LogP) is 3.06. The number of benzene rings is 2. The molecule has 0 aliphatic rings. The minimum Gasteiger partial charge on any atom is -0.493 e. The van der Waals surface area contributed by atoms with E-state index in [0.717, 1.165) is 15.6 Å². The number of fused-ring (bicyclic) bond motifs is 1.